The van der Waals surface area contributed by atoms with Crippen LogP contribution in [0.25, 0.3) is 11.0 Å². The summed E-state index contributed by atoms with van der Waals surface area (Å²) in [6.07, 6.45) is 1.47. The Labute approximate surface area is 191 Å². The van der Waals surface area contributed by atoms with Gasteiger partial charge in [0, 0.05) is 6.54 Å². The molecule has 2 heterocycles. The lowest BCUT2D eigenvalue weighted by Gasteiger charge is -2.27. The van der Waals surface area contributed by atoms with E-state index in [4.69, 9.17) is 32.7 Å². The van der Waals surface area contributed by atoms with Crippen LogP contribution in [0.1, 0.15) is 5.56 Å². The molecule has 0 aliphatic carbocycles. The molecule has 0 saturated carbocycles. The van der Waals surface area contributed by atoms with Gasteiger partial charge in [0.1, 0.15) is 5.52 Å². The molecule has 2 aromatic heterocycles. The third-order valence-corrected chi connectivity index (χ3v) is 5.22. The van der Waals surface area contributed by atoms with Gasteiger partial charge in [0.2, 0.25) is 5.95 Å². The Morgan fingerprint density at radius 2 is 1.94 bits per heavy atom. The van der Waals surface area contributed by atoms with Gasteiger partial charge in [0.05, 0.1) is 50.4 Å². The second-order valence-electron chi connectivity index (χ2n) is 6.33. The summed E-state index contributed by atoms with van der Waals surface area (Å²) >= 11 is 11.9. The number of aromatic nitrogens is 4. The van der Waals surface area contributed by atoms with Crippen molar-refractivity contribution < 1.29 is 28.3 Å². The molecule has 0 aliphatic heterocycles. The second kappa shape index (κ2) is 11.2. The van der Waals surface area contributed by atoms with Crippen LogP contribution in [-0.2, 0) is 31.7 Å². The van der Waals surface area contributed by atoms with Crippen molar-refractivity contribution in [2.24, 2.45) is 0 Å². The lowest BCUT2D eigenvalue weighted by Crippen LogP contribution is -2.19. The van der Waals surface area contributed by atoms with E-state index >= 15 is 0 Å². The van der Waals surface area contributed by atoms with Gasteiger partial charge in [0.15, 0.2) is 12.3 Å². The van der Waals surface area contributed by atoms with E-state index in [0.29, 0.717) is 27.6 Å². The molecular formula is C17H18Cl2N5O7P-2. The van der Waals surface area contributed by atoms with Crippen LogP contribution in [0.4, 0.5) is 5.95 Å². The van der Waals surface area contributed by atoms with Crippen LogP contribution in [0.3, 0.4) is 0 Å². The zero-order valence-corrected chi connectivity index (χ0v) is 18.9. The van der Waals surface area contributed by atoms with Gasteiger partial charge in [-0.15, -0.1) is 0 Å². The van der Waals surface area contributed by atoms with Crippen LogP contribution < -0.4 is 20.7 Å². The number of fused-ring (bicyclic) bond motifs is 1. The summed E-state index contributed by atoms with van der Waals surface area (Å²) in [5.74, 6) is 0.282. The van der Waals surface area contributed by atoms with Gasteiger partial charge in [-0.05, 0) is 17.7 Å². The van der Waals surface area contributed by atoms with Gasteiger partial charge < -0.3 is 33.7 Å². The molecule has 3 rings (SSSR count). The Morgan fingerprint density at radius 1 is 1.16 bits per heavy atom. The fourth-order valence-electron chi connectivity index (χ4n) is 2.63. The monoisotopic (exact) mass is 505 g/mol. The fourth-order valence-corrected chi connectivity index (χ4v) is 3.15. The summed E-state index contributed by atoms with van der Waals surface area (Å²) in [7, 11) is -5.05. The molecule has 12 nitrogen and oxygen atoms in total. The van der Waals surface area contributed by atoms with E-state index in [2.05, 4.69) is 24.9 Å². The predicted octanol–water partition coefficient (Wildman–Crippen LogP) is 0.874. The molecule has 0 radical (unpaired) electrons. The number of aromatic amines is 1. The highest BCUT2D eigenvalue weighted by atomic mass is 35.5. The molecule has 0 atom stereocenters. The summed E-state index contributed by atoms with van der Waals surface area (Å²) in [4.78, 5) is 40.0. The van der Waals surface area contributed by atoms with Gasteiger partial charge >= 0.3 is 0 Å². The average Bonchev–Trinajstić information content (AvgIpc) is 3.13. The van der Waals surface area contributed by atoms with Gasteiger partial charge in [-0.3, -0.25) is 14.5 Å². The first kappa shape index (κ1) is 24.6. The van der Waals surface area contributed by atoms with Gasteiger partial charge in [-0.25, -0.2) is 4.98 Å². The lowest BCUT2D eigenvalue weighted by atomic mass is 10.2. The molecule has 15 heteroatoms. The number of hydrogen-bond acceptors (Lipinski definition) is 10. The molecule has 32 heavy (non-hydrogen) atoms. The summed E-state index contributed by atoms with van der Waals surface area (Å²) < 4.78 is 25.7. The van der Waals surface area contributed by atoms with E-state index in [0.717, 1.165) is 5.56 Å². The van der Waals surface area contributed by atoms with Crippen LogP contribution in [0.5, 0.6) is 0 Å². The summed E-state index contributed by atoms with van der Waals surface area (Å²) in [5, 5.41) is 8.07. The van der Waals surface area contributed by atoms with Gasteiger partial charge in [0.25, 0.3) is 5.56 Å². The number of phosphoric acid groups is 1. The SMILES string of the molecule is O=c1[nH]c(NCc2ccc(Cl)c(Cl)c2)nc2cnn(CCOCCOCOP(=O)([O-])[O-])c12. The number of rotatable bonds is 12. The number of H-pyrrole nitrogens is 1. The van der Waals surface area contributed by atoms with Crippen LogP contribution in [-0.4, -0.2) is 46.4 Å². The Hall–Kier alpha value is -2.02. The van der Waals surface area contributed by atoms with Crippen molar-refractivity contribution in [3.05, 3.63) is 50.4 Å². The predicted molar refractivity (Wildman–Crippen MR) is 112 cm³/mol. The highest BCUT2D eigenvalue weighted by Gasteiger charge is 2.11. The number of benzene rings is 1. The molecule has 2 N–H and O–H groups in total. The van der Waals surface area contributed by atoms with Crippen molar-refractivity contribution in [1.82, 2.24) is 19.7 Å². The molecule has 0 amide bonds. The van der Waals surface area contributed by atoms with Gasteiger partial charge in [-0.1, -0.05) is 29.3 Å². The molecular weight excluding hydrogens is 488 g/mol. The van der Waals surface area contributed by atoms with E-state index in [9.17, 15) is 19.1 Å². The first-order valence-electron chi connectivity index (χ1n) is 9.18. The number of nitrogens with zero attached hydrogens (tertiary/aromatic N) is 3. The maximum atomic E-state index is 12.5. The highest BCUT2D eigenvalue weighted by molar-refractivity contribution is 7.43. The standard InChI is InChI=1S/C17H20Cl2N5O7P/c18-12-2-1-11(7-13(12)19)8-20-17-22-14-9-21-24(15(14)16(25)23-17)3-4-29-5-6-30-10-31-32(26,27)28/h1-2,7,9H,3-6,8,10H2,(H2,26,27,28)(H2,20,22,23,25)/p-2. The summed E-state index contributed by atoms with van der Waals surface area (Å²) in [6, 6.07) is 5.21. The molecule has 0 unspecified atom stereocenters. The number of anilines is 1. The van der Waals surface area contributed by atoms with Crippen molar-refractivity contribution in [1.29, 1.82) is 0 Å². The third kappa shape index (κ3) is 7.26. The average molecular weight is 506 g/mol. The zero-order chi connectivity index (χ0) is 23.1. The van der Waals surface area contributed by atoms with E-state index in [-0.39, 0.29) is 37.9 Å². The molecule has 174 valence electrons. The Balaban J connectivity index is 1.49. The van der Waals surface area contributed by atoms with E-state index in [1.807, 2.05) is 0 Å². The minimum absolute atomic E-state index is 0.0237. The minimum Gasteiger partial charge on any atom is -0.790 e. The molecule has 3 aromatic rings. The first-order chi connectivity index (χ1) is 15.2. The number of ether oxygens (including phenoxy) is 2. The fraction of sp³-hybridized carbons (Fsp3) is 0.353. The number of phosphoric ester groups is 1. The molecule has 0 saturated heterocycles. The third-order valence-electron chi connectivity index (χ3n) is 4.06. The Bertz CT molecular complexity index is 1170. The van der Waals surface area contributed by atoms with Crippen LogP contribution in [0.2, 0.25) is 10.0 Å². The van der Waals surface area contributed by atoms with E-state index in [1.54, 1.807) is 18.2 Å². The topological polar surface area (TPSA) is 166 Å². The van der Waals surface area contributed by atoms with Crippen LogP contribution >= 0.6 is 31.0 Å². The van der Waals surface area contributed by atoms with Crippen molar-refractivity contribution in [3.8, 4) is 0 Å². The molecule has 0 aliphatic rings. The molecule has 0 bridgehead atoms. The summed E-state index contributed by atoms with van der Waals surface area (Å²) in [5.41, 5.74) is 1.19. The van der Waals surface area contributed by atoms with Crippen LogP contribution in [0, 0.1) is 0 Å². The normalized spacial score (nSPS) is 11.9. The maximum absolute atomic E-state index is 12.5. The Kier molecular flexibility index (Phi) is 8.63. The van der Waals surface area contributed by atoms with Crippen molar-refractivity contribution in [2.45, 2.75) is 13.1 Å². The molecule has 1 aromatic carbocycles. The minimum atomic E-state index is -5.05. The van der Waals surface area contributed by atoms with E-state index < -0.39 is 14.6 Å². The zero-order valence-electron chi connectivity index (χ0n) is 16.5. The highest BCUT2D eigenvalue weighted by Crippen LogP contribution is 2.24. The molecule has 0 spiro atoms. The van der Waals surface area contributed by atoms with Crippen molar-refractivity contribution in [3.63, 3.8) is 0 Å². The lowest BCUT2D eigenvalue weighted by molar-refractivity contribution is -0.346. The van der Waals surface area contributed by atoms with Gasteiger partial charge in [-0.2, -0.15) is 5.10 Å². The van der Waals surface area contributed by atoms with Crippen molar-refractivity contribution >= 4 is 48.0 Å². The summed E-state index contributed by atoms with van der Waals surface area (Å²) in [6.45, 7) is 0.343. The number of nitrogens with one attached hydrogen (secondary N) is 2. The Morgan fingerprint density at radius 3 is 2.69 bits per heavy atom. The largest absolute Gasteiger partial charge is 0.790 e. The smallest absolute Gasteiger partial charge is 0.278 e. The number of halogens is 2. The van der Waals surface area contributed by atoms with E-state index in [1.165, 1.54) is 10.9 Å². The van der Waals surface area contributed by atoms with Crippen molar-refractivity contribution in [2.75, 3.05) is 31.9 Å². The number of hydrogen-bond donors (Lipinski definition) is 2. The van der Waals surface area contributed by atoms with Crippen LogP contribution in [0.15, 0.2) is 29.2 Å². The molecule has 0 fully saturated rings. The quantitative estimate of drug-likeness (QED) is 0.204. The maximum Gasteiger partial charge on any atom is 0.278 e. The first-order valence-corrected chi connectivity index (χ1v) is 11.4. The second-order valence-corrected chi connectivity index (χ2v) is 8.30.